The predicted molar refractivity (Wildman–Crippen MR) is 111 cm³/mol. The van der Waals surface area contributed by atoms with Crippen LogP contribution >= 0.6 is 0 Å². The van der Waals surface area contributed by atoms with Crippen molar-refractivity contribution in [2.75, 3.05) is 19.1 Å². The molecule has 2 aliphatic heterocycles. The molecule has 1 fully saturated rings. The Hall–Kier alpha value is -3.84. The molecular weight excluding hydrogens is 384 g/mol. The van der Waals surface area contributed by atoms with E-state index in [1.54, 1.807) is 31.4 Å². The minimum Gasteiger partial charge on any atom is -0.497 e. The van der Waals surface area contributed by atoms with E-state index >= 15 is 0 Å². The molecule has 2 amide bonds. The molecule has 2 heterocycles. The Balaban J connectivity index is 1.62. The Morgan fingerprint density at radius 2 is 1.73 bits per heavy atom. The zero-order valence-electron chi connectivity index (χ0n) is 16.3. The molecule has 150 valence electrons. The van der Waals surface area contributed by atoms with Crippen LogP contribution in [0.4, 0.5) is 5.69 Å². The molecule has 0 saturated carbocycles. The van der Waals surface area contributed by atoms with E-state index in [1.165, 1.54) is 12.0 Å². The molecule has 0 bridgehead atoms. The van der Waals surface area contributed by atoms with Crippen molar-refractivity contribution < 1.29 is 23.9 Å². The van der Waals surface area contributed by atoms with Gasteiger partial charge < -0.3 is 9.47 Å². The van der Waals surface area contributed by atoms with Crippen molar-refractivity contribution in [3.8, 4) is 11.5 Å². The van der Waals surface area contributed by atoms with Crippen LogP contribution in [0.15, 0.2) is 66.2 Å². The lowest BCUT2D eigenvalue weighted by Crippen LogP contribution is -2.34. The van der Waals surface area contributed by atoms with Crippen LogP contribution in [0.5, 0.6) is 11.5 Å². The molecule has 3 aromatic carbocycles. The fourth-order valence-electron chi connectivity index (χ4n) is 3.86. The van der Waals surface area contributed by atoms with Crippen molar-refractivity contribution >= 4 is 34.0 Å². The molecule has 0 spiro atoms. The number of rotatable bonds is 4. The molecule has 0 aliphatic carbocycles. The molecule has 30 heavy (non-hydrogen) atoms. The maximum atomic E-state index is 13.3. The van der Waals surface area contributed by atoms with Crippen molar-refractivity contribution in [3.63, 3.8) is 0 Å². The molecule has 0 unspecified atom stereocenters. The summed E-state index contributed by atoms with van der Waals surface area (Å²) in [7, 11) is 3.09. The van der Waals surface area contributed by atoms with Crippen LogP contribution in [0.3, 0.4) is 0 Å². The summed E-state index contributed by atoms with van der Waals surface area (Å²) in [5.74, 6) is 0.256. The number of nitrogens with zero attached hydrogens (tertiary/aromatic N) is 1. The highest BCUT2D eigenvalue weighted by molar-refractivity contribution is 6.33. The molecule has 0 aromatic heterocycles. The highest BCUT2D eigenvalue weighted by Crippen LogP contribution is 2.40. The van der Waals surface area contributed by atoms with Crippen molar-refractivity contribution in [1.29, 1.82) is 0 Å². The van der Waals surface area contributed by atoms with Crippen LogP contribution < -0.4 is 19.9 Å². The molecule has 1 atom stereocenters. The second kappa shape index (κ2) is 6.89. The molecule has 1 saturated heterocycles. The quantitative estimate of drug-likeness (QED) is 0.676. The average Bonchev–Trinajstić information content (AvgIpc) is 3.33. The van der Waals surface area contributed by atoms with E-state index in [9.17, 15) is 9.59 Å². The summed E-state index contributed by atoms with van der Waals surface area (Å²) in [6.07, 6.45) is -1.02. The molecule has 3 aromatic rings. The molecule has 2 aliphatic rings. The third kappa shape index (κ3) is 2.63. The molecule has 7 nitrogen and oxygen atoms in total. The number of benzene rings is 3. The number of fused-ring (bicyclic) bond motifs is 2. The Labute approximate surface area is 172 Å². The van der Waals surface area contributed by atoms with Gasteiger partial charge in [0.1, 0.15) is 11.5 Å². The highest BCUT2D eigenvalue weighted by Gasteiger charge is 2.51. The van der Waals surface area contributed by atoms with E-state index in [2.05, 4.69) is 5.48 Å². The van der Waals surface area contributed by atoms with Gasteiger partial charge in [-0.25, -0.2) is 4.90 Å². The molecular formula is C23H18N2O5. The van der Waals surface area contributed by atoms with E-state index in [-0.39, 0.29) is 5.57 Å². The lowest BCUT2D eigenvalue weighted by Gasteiger charge is -2.17. The van der Waals surface area contributed by atoms with Crippen LogP contribution in [0.1, 0.15) is 5.56 Å². The lowest BCUT2D eigenvalue weighted by atomic mass is 10.0. The molecule has 7 heteroatoms. The number of methoxy groups -OCH3 is 2. The van der Waals surface area contributed by atoms with Crippen molar-refractivity contribution in [2.24, 2.45) is 0 Å². The number of ether oxygens (including phenoxy) is 2. The molecule has 0 radical (unpaired) electrons. The average molecular weight is 402 g/mol. The summed E-state index contributed by atoms with van der Waals surface area (Å²) in [6, 6.07) is 18.5. The standard InChI is InChI=1S/C23H18N2O5/c1-28-16-9-10-18(29-2)17(12-16)20-19-21(30-24-20)23(27)25(22(19)26)15-8-7-13-5-3-4-6-14(13)11-15/h3-12,21,24H,1-2H3/t21-/m0/s1. The number of carbonyl (C=O) groups excluding carboxylic acids is 2. The van der Waals surface area contributed by atoms with E-state index < -0.39 is 17.9 Å². The SMILES string of the molecule is COc1ccc(OC)c(C2=C3C(=O)N(c4ccc5ccccc5c4)C(=O)[C@H]3ON2)c1. The van der Waals surface area contributed by atoms with Gasteiger partial charge in [-0.3, -0.25) is 19.9 Å². The third-order valence-electron chi connectivity index (χ3n) is 5.36. The van der Waals surface area contributed by atoms with Gasteiger partial charge in [-0.1, -0.05) is 30.3 Å². The number of hydroxylamine groups is 1. The van der Waals surface area contributed by atoms with Crippen molar-refractivity contribution in [3.05, 3.63) is 71.8 Å². The number of carbonyl (C=O) groups is 2. The zero-order chi connectivity index (χ0) is 20.8. The van der Waals surface area contributed by atoms with E-state index in [1.807, 2.05) is 36.4 Å². The first-order valence-corrected chi connectivity index (χ1v) is 9.37. The normalized spacial score (nSPS) is 18.1. The number of amides is 2. The largest absolute Gasteiger partial charge is 0.497 e. The lowest BCUT2D eigenvalue weighted by molar-refractivity contribution is -0.127. The third-order valence-corrected chi connectivity index (χ3v) is 5.36. The van der Waals surface area contributed by atoms with Crippen LogP contribution in [0.25, 0.3) is 16.5 Å². The van der Waals surface area contributed by atoms with Gasteiger partial charge in [0, 0.05) is 5.56 Å². The number of nitrogens with one attached hydrogen (secondary N) is 1. The molecule has 5 rings (SSSR count). The van der Waals surface area contributed by atoms with E-state index in [0.717, 1.165) is 10.8 Å². The second-order valence-electron chi connectivity index (χ2n) is 6.97. The first-order chi connectivity index (χ1) is 14.6. The summed E-state index contributed by atoms with van der Waals surface area (Å²) in [6.45, 7) is 0. The highest BCUT2D eigenvalue weighted by atomic mass is 16.7. The number of anilines is 1. The minimum atomic E-state index is -1.02. The van der Waals surface area contributed by atoms with Crippen molar-refractivity contribution in [2.45, 2.75) is 6.10 Å². The van der Waals surface area contributed by atoms with Gasteiger partial charge in [-0.2, -0.15) is 0 Å². The van der Waals surface area contributed by atoms with Gasteiger partial charge >= 0.3 is 0 Å². The molecule has 1 N–H and O–H groups in total. The van der Waals surface area contributed by atoms with Gasteiger partial charge in [-0.15, -0.1) is 0 Å². The predicted octanol–water partition coefficient (Wildman–Crippen LogP) is 3.04. The van der Waals surface area contributed by atoms with Gasteiger partial charge in [0.05, 0.1) is 31.2 Å². The Kier molecular flexibility index (Phi) is 4.18. The van der Waals surface area contributed by atoms with Gasteiger partial charge in [0.15, 0.2) is 6.10 Å². The van der Waals surface area contributed by atoms with Crippen LogP contribution in [0.2, 0.25) is 0 Å². The fourth-order valence-corrected chi connectivity index (χ4v) is 3.86. The summed E-state index contributed by atoms with van der Waals surface area (Å²) in [5, 5.41) is 1.97. The summed E-state index contributed by atoms with van der Waals surface area (Å²) >= 11 is 0. The summed E-state index contributed by atoms with van der Waals surface area (Å²) in [5.41, 5.74) is 4.47. The monoisotopic (exact) mass is 402 g/mol. The van der Waals surface area contributed by atoms with E-state index in [4.69, 9.17) is 14.3 Å². The Morgan fingerprint density at radius 1 is 0.933 bits per heavy atom. The maximum absolute atomic E-state index is 13.3. The van der Waals surface area contributed by atoms with Gasteiger partial charge in [0.25, 0.3) is 11.8 Å². The first-order valence-electron chi connectivity index (χ1n) is 9.37. The van der Waals surface area contributed by atoms with Crippen LogP contribution in [0, 0.1) is 0 Å². The van der Waals surface area contributed by atoms with Crippen LogP contribution in [-0.2, 0) is 14.4 Å². The summed E-state index contributed by atoms with van der Waals surface area (Å²) in [4.78, 5) is 33.0. The number of imide groups is 1. The van der Waals surface area contributed by atoms with Gasteiger partial charge in [-0.05, 0) is 41.1 Å². The minimum absolute atomic E-state index is 0.250. The van der Waals surface area contributed by atoms with Crippen LogP contribution in [-0.4, -0.2) is 32.1 Å². The topological polar surface area (TPSA) is 77.1 Å². The van der Waals surface area contributed by atoms with E-state index in [0.29, 0.717) is 28.4 Å². The second-order valence-corrected chi connectivity index (χ2v) is 6.97. The zero-order valence-corrected chi connectivity index (χ0v) is 16.3. The number of hydrogen-bond acceptors (Lipinski definition) is 6. The Morgan fingerprint density at radius 3 is 2.50 bits per heavy atom. The Bertz CT molecular complexity index is 1230. The van der Waals surface area contributed by atoms with Gasteiger partial charge in [0.2, 0.25) is 0 Å². The smallest absolute Gasteiger partial charge is 0.270 e. The fraction of sp³-hybridized carbons (Fsp3) is 0.130. The first kappa shape index (κ1) is 18.2. The maximum Gasteiger partial charge on any atom is 0.270 e. The number of hydrogen-bond donors (Lipinski definition) is 1. The van der Waals surface area contributed by atoms with Crippen molar-refractivity contribution in [1.82, 2.24) is 5.48 Å². The summed E-state index contributed by atoms with van der Waals surface area (Å²) < 4.78 is 10.7.